The van der Waals surface area contributed by atoms with Crippen molar-refractivity contribution in [2.45, 2.75) is 18.9 Å². The van der Waals surface area contributed by atoms with Crippen molar-refractivity contribution in [1.82, 2.24) is 4.90 Å². The van der Waals surface area contributed by atoms with Crippen LogP contribution in [0.25, 0.3) is 0 Å². The molecular weight excluding hydrogens is 250 g/mol. The number of rotatable bonds is 4. The molecule has 0 aromatic heterocycles. The molecule has 2 atom stereocenters. The zero-order valence-electron chi connectivity index (χ0n) is 10.7. The largest absolute Gasteiger partial charge is 0.394 e. The van der Waals surface area contributed by atoms with Crippen molar-refractivity contribution in [2.24, 2.45) is 0 Å². The van der Waals surface area contributed by atoms with Gasteiger partial charge in [-0.05, 0) is 23.6 Å². The molecule has 1 heterocycles. The van der Waals surface area contributed by atoms with E-state index in [1.165, 1.54) is 5.56 Å². The van der Waals surface area contributed by atoms with Gasteiger partial charge in [-0.1, -0.05) is 30.7 Å². The zero-order chi connectivity index (χ0) is 13.0. The van der Waals surface area contributed by atoms with Crippen molar-refractivity contribution in [3.63, 3.8) is 0 Å². The summed E-state index contributed by atoms with van der Waals surface area (Å²) in [7, 11) is 0. The van der Waals surface area contributed by atoms with Crippen LogP contribution in [-0.4, -0.2) is 49.0 Å². The smallest absolute Gasteiger partial charge is 0.0932 e. The topological polar surface area (TPSA) is 32.7 Å². The molecule has 1 aliphatic heterocycles. The van der Waals surface area contributed by atoms with E-state index in [2.05, 4.69) is 17.9 Å². The molecule has 3 nitrogen and oxygen atoms in total. The van der Waals surface area contributed by atoms with Gasteiger partial charge in [-0.25, -0.2) is 0 Å². The average Bonchev–Trinajstić information content (AvgIpc) is 2.39. The SMILES string of the molecule is C[C@H](CN1CCO[C@H](CO)C1)c1cccc(Cl)c1. The second-order valence-electron chi connectivity index (χ2n) is 4.89. The van der Waals surface area contributed by atoms with Crippen LogP contribution in [0.15, 0.2) is 24.3 Å². The van der Waals surface area contributed by atoms with Gasteiger partial charge in [-0.3, -0.25) is 4.90 Å². The Morgan fingerprint density at radius 2 is 2.39 bits per heavy atom. The molecule has 2 rings (SSSR count). The predicted octanol–water partition coefficient (Wildman–Crippen LogP) is 2.14. The minimum absolute atomic E-state index is 0.0367. The number of morpholine rings is 1. The van der Waals surface area contributed by atoms with E-state index in [0.29, 0.717) is 12.5 Å². The van der Waals surface area contributed by atoms with Crippen molar-refractivity contribution >= 4 is 11.6 Å². The fourth-order valence-electron chi connectivity index (χ4n) is 2.36. The monoisotopic (exact) mass is 269 g/mol. The highest BCUT2D eigenvalue weighted by atomic mass is 35.5. The van der Waals surface area contributed by atoms with Crippen LogP contribution in [0, 0.1) is 0 Å². The Bertz CT molecular complexity index is 386. The fraction of sp³-hybridized carbons (Fsp3) is 0.571. The highest BCUT2D eigenvalue weighted by Gasteiger charge is 2.21. The lowest BCUT2D eigenvalue weighted by atomic mass is 10.0. The first-order valence-electron chi connectivity index (χ1n) is 6.39. The van der Waals surface area contributed by atoms with Crippen molar-refractivity contribution in [1.29, 1.82) is 0 Å². The van der Waals surface area contributed by atoms with E-state index < -0.39 is 0 Å². The molecule has 4 heteroatoms. The molecular formula is C14H20ClNO2. The quantitative estimate of drug-likeness (QED) is 0.909. The van der Waals surface area contributed by atoms with Crippen molar-refractivity contribution in [3.8, 4) is 0 Å². The van der Waals surface area contributed by atoms with E-state index in [9.17, 15) is 0 Å². The number of benzene rings is 1. The molecule has 0 saturated carbocycles. The molecule has 1 aliphatic rings. The minimum atomic E-state index is -0.0367. The van der Waals surface area contributed by atoms with E-state index in [1.54, 1.807) is 0 Å². The van der Waals surface area contributed by atoms with Gasteiger partial charge in [0.2, 0.25) is 0 Å². The number of aliphatic hydroxyl groups is 1. The summed E-state index contributed by atoms with van der Waals surface area (Å²) in [5, 5.41) is 9.91. The first kappa shape index (κ1) is 13.8. The average molecular weight is 270 g/mol. The highest BCUT2D eigenvalue weighted by Crippen LogP contribution is 2.21. The van der Waals surface area contributed by atoms with Crippen molar-refractivity contribution in [3.05, 3.63) is 34.9 Å². The van der Waals surface area contributed by atoms with Crippen LogP contribution in [0.2, 0.25) is 5.02 Å². The van der Waals surface area contributed by atoms with Crippen LogP contribution in [-0.2, 0) is 4.74 Å². The summed E-state index contributed by atoms with van der Waals surface area (Å²) in [6.45, 7) is 5.72. The lowest BCUT2D eigenvalue weighted by molar-refractivity contribution is -0.0536. The Labute approximate surface area is 113 Å². The Kier molecular flexibility index (Phi) is 5.01. The van der Waals surface area contributed by atoms with E-state index >= 15 is 0 Å². The number of ether oxygens (including phenoxy) is 1. The summed E-state index contributed by atoms with van der Waals surface area (Å²) >= 11 is 6.01. The van der Waals surface area contributed by atoms with Crippen LogP contribution in [0.1, 0.15) is 18.4 Å². The van der Waals surface area contributed by atoms with E-state index in [-0.39, 0.29) is 12.7 Å². The lowest BCUT2D eigenvalue weighted by Gasteiger charge is -2.33. The van der Waals surface area contributed by atoms with Crippen LogP contribution >= 0.6 is 11.6 Å². The molecule has 0 bridgehead atoms. The van der Waals surface area contributed by atoms with Crippen LogP contribution in [0.3, 0.4) is 0 Å². The van der Waals surface area contributed by atoms with E-state index in [4.69, 9.17) is 21.4 Å². The predicted molar refractivity (Wildman–Crippen MR) is 73.1 cm³/mol. The summed E-state index contributed by atoms with van der Waals surface area (Å²) in [5.74, 6) is 0.432. The molecule has 0 amide bonds. The molecule has 1 aromatic carbocycles. The Morgan fingerprint density at radius 1 is 1.56 bits per heavy atom. The standard InChI is InChI=1S/C14H20ClNO2/c1-11(12-3-2-4-13(15)7-12)8-16-5-6-18-14(9-16)10-17/h2-4,7,11,14,17H,5-6,8-10H2,1H3/t11-,14+/m1/s1. The molecule has 18 heavy (non-hydrogen) atoms. The van der Waals surface area contributed by atoms with Crippen LogP contribution in [0.5, 0.6) is 0 Å². The molecule has 0 unspecified atom stereocenters. The summed E-state index contributed by atoms with van der Waals surface area (Å²) in [5.41, 5.74) is 1.26. The number of hydrogen-bond acceptors (Lipinski definition) is 3. The number of nitrogens with zero attached hydrogens (tertiary/aromatic N) is 1. The first-order chi connectivity index (χ1) is 8.69. The van der Waals surface area contributed by atoms with Crippen LogP contribution in [0.4, 0.5) is 0 Å². The molecule has 100 valence electrons. The maximum atomic E-state index is 9.13. The Hall–Kier alpha value is -0.610. The van der Waals surface area contributed by atoms with Gasteiger partial charge in [0.05, 0.1) is 19.3 Å². The van der Waals surface area contributed by atoms with Gasteiger partial charge in [0.25, 0.3) is 0 Å². The number of halogens is 1. The van der Waals surface area contributed by atoms with E-state index in [1.807, 2.05) is 18.2 Å². The first-order valence-corrected chi connectivity index (χ1v) is 6.77. The van der Waals surface area contributed by atoms with Gasteiger partial charge < -0.3 is 9.84 Å². The van der Waals surface area contributed by atoms with Gasteiger partial charge in [-0.2, -0.15) is 0 Å². The zero-order valence-corrected chi connectivity index (χ0v) is 11.4. The molecule has 1 fully saturated rings. The summed E-state index contributed by atoms with van der Waals surface area (Å²) in [6, 6.07) is 8.02. The molecule has 0 radical (unpaired) electrons. The third-order valence-corrected chi connectivity index (χ3v) is 3.61. The summed E-state index contributed by atoms with van der Waals surface area (Å²) in [4.78, 5) is 2.34. The maximum Gasteiger partial charge on any atom is 0.0932 e. The maximum absolute atomic E-state index is 9.13. The van der Waals surface area contributed by atoms with Gasteiger partial charge in [0.15, 0.2) is 0 Å². The fourth-order valence-corrected chi connectivity index (χ4v) is 2.56. The van der Waals surface area contributed by atoms with Gasteiger partial charge in [0, 0.05) is 24.7 Å². The third kappa shape index (κ3) is 3.69. The van der Waals surface area contributed by atoms with Crippen LogP contribution < -0.4 is 0 Å². The van der Waals surface area contributed by atoms with Gasteiger partial charge in [-0.15, -0.1) is 0 Å². The minimum Gasteiger partial charge on any atom is -0.394 e. The summed E-state index contributed by atoms with van der Waals surface area (Å²) < 4.78 is 5.45. The van der Waals surface area contributed by atoms with E-state index in [0.717, 1.165) is 24.7 Å². The van der Waals surface area contributed by atoms with Crippen molar-refractivity contribution < 1.29 is 9.84 Å². The summed E-state index contributed by atoms with van der Waals surface area (Å²) in [6.07, 6.45) is -0.0367. The highest BCUT2D eigenvalue weighted by molar-refractivity contribution is 6.30. The molecule has 0 spiro atoms. The van der Waals surface area contributed by atoms with Gasteiger partial charge >= 0.3 is 0 Å². The Morgan fingerprint density at radius 3 is 3.11 bits per heavy atom. The lowest BCUT2D eigenvalue weighted by Crippen LogP contribution is -2.45. The molecule has 1 aromatic rings. The third-order valence-electron chi connectivity index (χ3n) is 3.38. The second-order valence-corrected chi connectivity index (χ2v) is 5.33. The normalized spacial score (nSPS) is 22.9. The molecule has 1 saturated heterocycles. The number of hydrogen-bond donors (Lipinski definition) is 1. The van der Waals surface area contributed by atoms with Crippen molar-refractivity contribution in [2.75, 3.05) is 32.8 Å². The second kappa shape index (κ2) is 6.53. The van der Waals surface area contributed by atoms with Gasteiger partial charge in [0.1, 0.15) is 0 Å². The Balaban J connectivity index is 1.92. The molecule has 0 aliphatic carbocycles. The molecule has 1 N–H and O–H groups in total. The number of aliphatic hydroxyl groups excluding tert-OH is 1.